The molecule has 1 saturated carbocycles. The van der Waals surface area contributed by atoms with E-state index in [-0.39, 0.29) is 5.25 Å². The number of benzene rings is 1. The lowest BCUT2D eigenvalue weighted by molar-refractivity contribution is 0.478. The number of aromatic nitrogens is 5. The lowest BCUT2D eigenvalue weighted by atomic mass is 10.2. The van der Waals surface area contributed by atoms with Crippen LogP contribution in [-0.2, 0) is 6.54 Å². The molecule has 1 fully saturated rings. The summed E-state index contributed by atoms with van der Waals surface area (Å²) in [6.07, 6.45) is 4.02. The summed E-state index contributed by atoms with van der Waals surface area (Å²) in [5.41, 5.74) is 0.912. The van der Waals surface area contributed by atoms with Crippen molar-refractivity contribution in [2.45, 2.75) is 42.6 Å². The Morgan fingerprint density at radius 2 is 1.93 bits per heavy atom. The Bertz CT molecular complexity index is 1050. The Balaban J connectivity index is 1.38. The summed E-state index contributed by atoms with van der Waals surface area (Å²) in [4.78, 5) is 0. The van der Waals surface area contributed by atoms with Gasteiger partial charge in [-0.2, -0.15) is 0 Å². The first-order chi connectivity index (χ1) is 13.8. The second-order valence-electron chi connectivity index (χ2n) is 6.85. The Kier molecular flexibility index (Phi) is 4.48. The molecule has 4 aromatic rings. The van der Waals surface area contributed by atoms with E-state index in [0.29, 0.717) is 24.2 Å². The molecule has 1 aliphatic carbocycles. The predicted molar refractivity (Wildman–Crippen MR) is 104 cm³/mol. The van der Waals surface area contributed by atoms with Gasteiger partial charge in [0.25, 0.3) is 0 Å². The first-order valence-electron chi connectivity index (χ1n) is 9.29. The molecular weight excluding hydrogens is 374 g/mol. The Morgan fingerprint density at radius 1 is 1.07 bits per heavy atom. The molecule has 1 unspecified atom stereocenters. The van der Waals surface area contributed by atoms with Crippen molar-refractivity contribution in [1.29, 1.82) is 0 Å². The zero-order valence-electron chi connectivity index (χ0n) is 15.4. The average Bonchev–Trinajstić information content (AvgIpc) is 3.13. The SMILES string of the molecule is CC(Sc1nnc(C2CC2)n1Cc1ccco1)c1nnc(-c2ccccc2)o1. The van der Waals surface area contributed by atoms with E-state index in [2.05, 4.69) is 25.0 Å². The topological polar surface area (TPSA) is 82.8 Å². The fraction of sp³-hybridized carbons (Fsp3) is 0.300. The minimum atomic E-state index is -0.0448. The zero-order valence-corrected chi connectivity index (χ0v) is 16.2. The Morgan fingerprint density at radius 3 is 2.68 bits per heavy atom. The summed E-state index contributed by atoms with van der Waals surface area (Å²) >= 11 is 1.57. The van der Waals surface area contributed by atoms with Gasteiger partial charge >= 0.3 is 0 Å². The molecular formula is C20H19N5O2S. The van der Waals surface area contributed by atoms with Gasteiger partial charge in [0.15, 0.2) is 5.16 Å². The molecule has 3 aromatic heterocycles. The van der Waals surface area contributed by atoms with Crippen molar-refractivity contribution < 1.29 is 8.83 Å². The molecule has 142 valence electrons. The molecule has 1 atom stereocenters. The van der Waals surface area contributed by atoms with Crippen LogP contribution in [0.3, 0.4) is 0 Å². The van der Waals surface area contributed by atoms with E-state index in [1.54, 1.807) is 18.0 Å². The Labute approximate surface area is 166 Å². The highest BCUT2D eigenvalue weighted by molar-refractivity contribution is 7.99. The molecule has 0 saturated heterocycles. The molecule has 5 rings (SSSR count). The normalized spacial score (nSPS) is 15.0. The first kappa shape index (κ1) is 17.2. The fourth-order valence-corrected chi connectivity index (χ4v) is 3.93. The summed E-state index contributed by atoms with van der Waals surface area (Å²) in [6, 6.07) is 13.6. The van der Waals surface area contributed by atoms with Crippen LogP contribution in [0.15, 0.2) is 62.7 Å². The third kappa shape index (κ3) is 3.47. The molecule has 7 nitrogen and oxygen atoms in total. The van der Waals surface area contributed by atoms with Crippen LogP contribution in [0.5, 0.6) is 0 Å². The van der Waals surface area contributed by atoms with E-state index in [1.807, 2.05) is 49.4 Å². The van der Waals surface area contributed by atoms with Gasteiger partial charge in [0.1, 0.15) is 11.6 Å². The van der Waals surface area contributed by atoms with Crippen molar-refractivity contribution in [1.82, 2.24) is 25.0 Å². The van der Waals surface area contributed by atoms with Crippen molar-refractivity contribution in [3.05, 3.63) is 66.2 Å². The van der Waals surface area contributed by atoms with Crippen molar-refractivity contribution in [2.24, 2.45) is 0 Å². The average molecular weight is 393 g/mol. The lowest BCUT2D eigenvalue weighted by Gasteiger charge is -2.10. The first-order valence-corrected chi connectivity index (χ1v) is 10.2. The van der Waals surface area contributed by atoms with E-state index in [9.17, 15) is 0 Å². The van der Waals surface area contributed by atoms with Gasteiger partial charge in [0.2, 0.25) is 11.8 Å². The number of thioether (sulfide) groups is 1. The number of rotatable bonds is 7. The highest BCUT2D eigenvalue weighted by atomic mass is 32.2. The molecule has 0 N–H and O–H groups in total. The molecule has 0 bridgehead atoms. The van der Waals surface area contributed by atoms with Crippen LogP contribution in [-0.4, -0.2) is 25.0 Å². The summed E-state index contributed by atoms with van der Waals surface area (Å²) in [5, 5.41) is 18.1. The van der Waals surface area contributed by atoms with Gasteiger partial charge in [-0.3, -0.25) is 4.57 Å². The van der Waals surface area contributed by atoms with Crippen LogP contribution in [0, 0.1) is 0 Å². The van der Waals surface area contributed by atoms with E-state index >= 15 is 0 Å². The predicted octanol–water partition coefficient (Wildman–Crippen LogP) is 4.70. The second kappa shape index (κ2) is 7.27. The van der Waals surface area contributed by atoms with Crippen molar-refractivity contribution in [3.63, 3.8) is 0 Å². The Hall–Kier alpha value is -2.87. The molecule has 0 spiro atoms. The summed E-state index contributed by atoms with van der Waals surface area (Å²) in [6.45, 7) is 2.66. The van der Waals surface area contributed by atoms with Gasteiger partial charge in [0, 0.05) is 11.5 Å². The van der Waals surface area contributed by atoms with Gasteiger partial charge in [-0.25, -0.2) is 0 Å². The fourth-order valence-electron chi connectivity index (χ4n) is 3.04. The largest absolute Gasteiger partial charge is 0.467 e. The van der Waals surface area contributed by atoms with Gasteiger partial charge in [0.05, 0.1) is 18.1 Å². The summed E-state index contributed by atoms with van der Waals surface area (Å²) in [7, 11) is 0. The van der Waals surface area contributed by atoms with E-state index in [1.165, 1.54) is 12.8 Å². The van der Waals surface area contributed by atoms with Gasteiger partial charge in [-0.15, -0.1) is 20.4 Å². The van der Waals surface area contributed by atoms with E-state index in [0.717, 1.165) is 22.3 Å². The molecule has 3 heterocycles. The summed E-state index contributed by atoms with van der Waals surface area (Å²) in [5.74, 6) is 3.52. The van der Waals surface area contributed by atoms with Gasteiger partial charge < -0.3 is 8.83 Å². The molecule has 28 heavy (non-hydrogen) atoms. The lowest BCUT2D eigenvalue weighted by Crippen LogP contribution is -2.06. The number of nitrogens with zero attached hydrogens (tertiary/aromatic N) is 5. The van der Waals surface area contributed by atoms with Crippen LogP contribution in [0.1, 0.15) is 48.4 Å². The van der Waals surface area contributed by atoms with Crippen LogP contribution in [0.2, 0.25) is 0 Å². The van der Waals surface area contributed by atoms with Crippen LogP contribution < -0.4 is 0 Å². The van der Waals surface area contributed by atoms with Gasteiger partial charge in [-0.1, -0.05) is 30.0 Å². The smallest absolute Gasteiger partial charge is 0.247 e. The third-order valence-corrected chi connectivity index (χ3v) is 5.74. The van der Waals surface area contributed by atoms with Gasteiger partial charge in [-0.05, 0) is 44.0 Å². The highest BCUT2D eigenvalue weighted by Gasteiger charge is 2.31. The maximum Gasteiger partial charge on any atom is 0.247 e. The highest BCUT2D eigenvalue weighted by Crippen LogP contribution is 2.42. The van der Waals surface area contributed by atoms with Crippen LogP contribution in [0.4, 0.5) is 0 Å². The number of hydrogen-bond donors (Lipinski definition) is 0. The van der Waals surface area contributed by atoms with Crippen LogP contribution >= 0.6 is 11.8 Å². The number of furan rings is 1. The minimum Gasteiger partial charge on any atom is -0.467 e. The van der Waals surface area contributed by atoms with Crippen molar-refractivity contribution >= 4 is 11.8 Å². The van der Waals surface area contributed by atoms with E-state index in [4.69, 9.17) is 8.83 Å². The monoisotopic (exact) mass is 393 g/mol. The second-order valence-corrected chi connectivity index (χ2v) is 8.16. The minimum absolute atomic E-state index is 0.0448. The van der Waals surface area contributed by atoms with Crippen LogP contribution in [0.25, 0.3) is 11.5 Å². The molecule has 8 heteroatoms. The molecule has 1 aliphatic rings. The molecule has 1 aromatic carbocycles. The molecule has 0 amide bonds. The zero-order chi connectivity index (χ0) is 18.9. The van der Waals surface area contributed by atoms with E-state index < -0.39 is 0 Å². The van der Waals surface area contributed by atoms with Crippen molar-refractivity contribution in [2.75, 3.05) is 0 Å². The molecule has 0 aliphatic heterocycles. The maximum absolute atomic E-state index is 5.90. The summed E-state index contributed by atoms with van der Waals surface area (Å²) < 4.78 is 13.6. The number of hydrogen-bond acceptors (Lipinski definition) is 7. The quantitative estimate of drug-likeness (QED) is 0.421. The van der Waals surface area contributed by atoms with Crippen molar-refractivity contribution in [3.8, 4) is 11.5 Å². The molecule has 0 radical (unpaired) electrons. The standard InChI is InChI=1S/C20H19N5O2S/c1-13(18-22-23-19(27-18)15-6-3-2-4-7-15)28-20-24-21-17(14-9-10-14)25(20)12-16-8-5-11-26-16/h2-8,11,13-14H,9-10,12H2,1H3. The maximum atomic E-state index is 5.90. The third-order valence-electron chi connectivity index (χ3n) is 4.67.